The number of carbonyl (C=O) groups is 2. The van der Waals surface area contributed by atoms with E-state index in [0.717, 1.165) is 54.5 Å². The number of amides is 2. The maximum Gasteiger partial charge on any atom is 0.253 e. The maximum absolute atomic E-state index is 12.6. The fraction of sp³-hybridized carbons (Fsp3) is 0.364. The number of para-hydroxylation sites is 1. The van der Waals surface area contributed by atoms with Crippen LogP contribution < -0.4 is 15.5 Å². The molecule has 2 amide bonds. The number of hydrogen-bond donors (Lipinski definition) is 2. The number of benzene rings is 2. The van der Waals surface area contributed by atoms with E-state index in [1.54, 1.807) is 0 Å². The summed E-state index contributed by atoms with van der Waals surface area (Å²) in [5, 5.41) is 6.22. The average Bonchev–Trinajstić information content (AvgIpc) is 3.52. The van der Waals surface area contributed by atoms with Crippen LogP contribution in [-0.4, -0.2) is 37.0 Å². The third-order valence-corrected chi connectivity index (χ3v) is 5.81. The van der Waals surface area contributed by atoms with Gasteiger partial charge in [-0.15, -0.1) is 0 Å². The summed E-state index contributed by atoms with van der Waals surface area (Å²) in [4.78, 5) is 27.3. The molecule has 2 fully saturated rings. The van der Waals surface area contributed by atoms with Crippen molar-refractivity contribution >= 4 is 33.4 Å². The van der Waals surface area contributed by atoms with Gasteiger partial charge in [0.05, 0.1) is 5.56 Å². The van der Waals surface area contributed by atoms with Crippen LogP contribution in [0.15, 0.2) is 53.0 Å². The van der Waals surface area contributed by atoms with Crippen molar-refractivity contribution in [2.75, 3.05) is 18.0 Å². The molecular weight excluding hydrogens is 418 g/mol. The molecule has 1 saturated heterocycles. The van der Waals surface area contributed by atoms with Crippen LogP contribution in [0.5, 0.6) is 0 Å². The Balaban J connectivity index is 1.36. The summed E-state index contributed by atoms with van der Waals surface area (Å²) in [6.07, 6.45) is 3.88. The van der Waals surface area contributed by atoms with Gasteiger partial charge in [-0.1, -0.05) is 34.1 Å². The lowest BCUT2D eigenvalue weighted by Crippen LogP contribution is -2.45. The van der Waals surface area contributed by atoms with Crippen molar-refractivity contribution in [3.05, 3.63) is 64.1 Å². The zero-order valence-electron chi connectivity index (χ0n) is 15.7. The molecule has 2 N–H and O–H groups in total. The molecule has 5 nitrogen and oxygen atoms in total. The number of nitrogens with one attached hydrogen (secondary N) is 2. The molecule has 0 bridgehead atoms. The average molecular weight is 442 g/mol. The minimum atomic E-state index is -0.0380. The van der Waals surface area contributed by atoms with E-state index in [9.17, 15) is 9.59 Å². The molecule has 1 heterocycles. The molecule has 4 rings (SSSR count). The number of piperidine rings is 1. The Labute approximate surface area is 173 Å². The molecule has 0 spiro atoms. The van der Waals surface area contributed by atoms with Gasteiger partial charge in [-0.2, -0.15) is 0 Å². The molecule has 2 aliphatic rings. The van der Waals surface area contributed by atoms with Crippen LogP contribution in [0.1, 0.15) is 46.4 Å². The predicted molar refractivity (Wildman–Crippen MR) is 114 cm³/mol. The molecule has 1 aliphatic carbocycles. The van der Waals surface area contributed by atoms with Gasteiger partial charge in [0.1, 0.15) is 0 Å². The van der Waals surface area contributed by atoms with Crippen molar-refractivity contribution in [1.29, 1.82) is 0 Å². The summed E-state index contributed by atoms with van der Waals surface area (Å²) in [5.41, 5.74) is 2.39. The first kappa shape index (κ1) is 19.0. The molecule has 2 aromatic carbocycles. The molecular formula is C22H24BrN3O2. The first-order chi connectivity index (χ1) is 13.6. The second-order valence-electron chi connectivity index (χ2n) is 7.51. The summed E-state index contributed by atoms with van der Waals surface area (Å²) in [7, 11) is 0. The van der Waals surface area contributed by atoms with Gasteiger partial charge in [0, 0.05) is 40.9 Å². The number of rotatable bonds is 5. The van der Waals surface area contributed by atoms with Gasteiger partial charge in [0.2, 0.25) is 0 Å². The number of nitrogens with zero attached hydrogens (tertiary/aromatic N) is 1. The first-order valence-electron chi connectivity index (χ1n) is 9.81. The highest BCUT2D eigenvalue weighted by Crippen LogP contribution is 2.26. The second-order valence-corrected chi connectivity index (χ2v) is 8.43. The molecule has 0 radical (unpaired) electrons. The van der Waals surface area contributed by atoms with Crippen LogP contribution in [0.2, 0.25) is 0 Å². The number of anilines is 1. The van der Waals surface area contributed by atoms with Crippen LogP contribution in [0.25, 0.3) is 0 Å². The summed E-state index contributed by atoms with van der Waals surface area (Å²) in [6, 6.07) is 15.7. The lowest BCUT2D eigenvalue weighted by atomic mass is 10.0. The van der Waals surface area contributed by atoms with Crippen LogP contribution in [0.4, 0.5) is 5.69 Å². The monoisotopic (exact) mass is 441 g/mol. The van der Waals surface area contributed by atoms with E-state index in [1.165, 1.54) is 0 Å². The predicted octanol–water partition coefficient (Wildman–Crippen LogP) is 3.74. The quantitative estimate of drug-likeness (QED) is 0.742. The smallest absolute Gasteiger partial charge is 0.253 e. The molecule has 28 heavy (non-hydrogen) atoms. The zero-order valence-corrected chi connectivity index (χ0v) is 17.2. The number of halogens is 1. The van der Waals surface area contributed by atoms with Gasteiger partial charge in [-0.25, -0.2) is 0 Å². The van der Waals surface area contributed by atoms with Gasteiger partial charge in [-0.05, 0) is 56.0 Å². The minimum Gasteiger partial charge on any atom is -0.371 e. The Morgan fingerprint density at radius 1 is 0.857 bits per heavy atom. The molecule has 146 valence electrons. The van der Waals surface area contributed by atoms with E-state index in [-0.39, 0.29) is 17.9 Å². The van der Waals surface area contributed by atoms with Crippen molar-refractivity contribution in [1.82, 2.24) is 10.6 Å². The van der Waals surface area contributed by atoms with Crippen molar-refractivity contribution in [2.24, 2.45) is 0 Å². The largest absolute Gasteiger partial charge is 0.371 e. The van der Waals surface area contributed by atoms with E-state index in [2.05, 4.69) is 31.5 Å². The molecule has 0 aromatic heterocycles. The lowest BCUT2D eigenvalue weighted by Gasteiger charge is -2.35. The molecule has 0 unspecified atom stereocenters. The van der Waals surface area contributed by atoms with Crippen molar-refractivity contribution in [3.63, 3.8) is 0 Å². The lowest BCUT2D eigenvalue weighted by molar-refractivity contribution is 0.0929. The van der Waals surface area contributed by atoms with E-state index in [0.29, 0.717) is 11.6 Å². The van der Waals surface area contributed by atoms with Crippen molar-refractivity contribution in [2.45, 2.75) is 37.8 Å². The molecule has 6 heteroatoms. The number of hydrogen-bond acceptors (Lipinski definition) is 3. The van der Waals surface area contributed by atoms with Crippen LogP contribution in [0.3, 0.4) is 0 Å². The topological polar surface area (TPSA) is 61.4 Å². The SMILES string of the molecule is O=C(NC1CCN(c2ccccc2C(=O)NC2CC2)CC1)c1cccc(Br)c1. The van der Waals surface area contributed by atoms with Crippen LogP contribution in [0, 0.1) is 0 Å². The Hall–Kier alpha value is -2.34. The Morgan fingerprint density at radius 2 is 1.54 bits per heavy atom. The number of carbonyl (C=O) groups excluding carboxylic acids is 2. The van der Waals surface area contributed by atoms with E-state index >= 15 is 0 Å². The summed E-state index contributed by atoms with van der Waals surface area (Å²) in [6.45, 7) is 1.63. The molecule has 2 aromatic rings. The first-order valence-corrected chi connectivity index (χ1v) is 10.6. The van der Waals surface area contributed by atoms with Gasteiger partial charge in [-0.3, -0.25) is 9.59 Å². The third kappa shape index (κ3) is 4.55. The van der Waals surface area contributed by atoms with Gasteiger partial charge >= 0.3 is 0 Å². The Kier molecular flexibility index (Phi) is 5.67. The fourth-order valence-corrected chi connectivity index (χ4v) is 3.99. The summed E-state index contributed by atoms with van der Waals surface area (Å²) >= 11 is 3.41. The molecule has 1 saturated carbocycles. The van der Waals surface area contributed by atoms with E-state index < -0.39 is 0 Å². The van der Waals surface area contributed by atoms with E-state index in [4.69, 9.17) is 0 Å². The Morgan fingerprint density at radius 3 is 2.25 bits per heavy atom. The maximum atomic E-state index is 12.6. The highest BCUT2D eigenvalue weighted by Gasteiger charge is 2.27. The summed E-state index contributed by atoms with van der Waals surface area (Å²) in [5.74, 6) is -0.0212. The van der Waals surface area contributed by atoms with Crippen LogP contribution in [-0.2, 0) is 0 Å². The highest BCUT2D eigenvalue weighted by atomic mass is 79.9. The van der Waals surface area contributed by atoms with E-state index in [1.807, 2.05) is 48.5 Å². The zero-order chi connectivity index (χ0) is 19.5. The molecule has 0 atom stereocenters. The van der Waals surface area contributed by atoms with Gasteiger partial charge in [0.15, 0.2) is 0 Å². The highest BCUT2D eigenvalue weighted by molar-refractivity contribution is 9.10. The van der Waals surface area contributed by atoms with Crippen molar-refractivity contribution in [3.8, 4) is 0 Å². The molecule has 1 aliphatic heterocycles. The minimum absolute atomic E-state index is 0.0168. The Bertz CT molecular complexity index is 874. The van der Waals surface area contributed by atoms with Crippen LogP contribution >= 0.6 is 15.9 Å². The second kappa shape index (κ2) is 8.35. The third-order valence-electron chi connectivity index (χ3n) is 5.32. The summed E-state index contributed by atoms with van der Waals surface area (Å²) < 4.78 is 0.899. The van der Waals surface area contributed by atoms with Gasteiger partial charge < -0.3 is 15.5 Å². The van der Waals surface area contributed by atoms with Crippen molar-refractivity contribution < 1.29 is 9.59 Å². The fourth-order valence-electron chi connectivity index (χ4n) is 3.60. The van der Waals surface area contributed by atoms with Gasteiger partial charge in [0.25, 0.3) is 11.8 Å². The standard InChI is InChI=1S/C22H24BrN3O2/c23-16-5-3-4-15(14-16)21(27)24-18-10-12-26(13-11-18)20-7-2-1-6-19(20)22(28)25-17-8-9-17/h1-7,14,17-18H,8-13H2,(H,24,27)(H,25,28). The normalized spacial score (nSPS) is 17.2.